The highest BCUT2D eigenvalue weighted by atomic mass is 19.4. The number of carbonyl (C=O) groups is 1. The molecular formula is C15H17F3N4O2. The van der Waals surface area contributed by atoms with Gasteiger partial charge in [0.2, 0.25) is 0 Å². The SMILES string of the molecule is CC1OC(=O)NN=C1c1cnc(N2CCCCC2)c(C(F)(F)F)c1. The Hall–Kier alpha value is -2.32. The third kappa shape index (κ3) is 3.29. The number of aromatic nitrogens is 1. The molecule has 2 aliphatic heterocycles. The third-order valence-electron chi connectivity index (χ3n) is 4.06. The number of nitrogens with one attached hydrogen (secondary N) is 1. The molecule has 1 atom stereocenters. The van der Waals surface area contributed by atoms with E-state index in [1.54, 1.807) is 11.8 Å². The van der Waals surface area contributed by atoms with Gasteiger partial charge in [-0.1, -0.05) is 0 Å². The molecule has 1 N–H and O–H groups in total. The van der Waals surface area contributed by atoms with E-state index in [0.29, 0.717) is 13.1 Å². The average Bonchev–Trinajstić information content (AvgIpc) is 2.54. The molecule has 1 fully saturated rings. The molecule has 1 aromatic heterocycles. The van der Waals surface area contributed by atoms with E-state index in [1.165, 1.54) is 6.20 Å². The normalized spacial score (nSPS) is 21.8. The van der Waals surface area contributed by atoms with E-state index in [0.717, 1.165) is 25.3 Å². The molecule has 0 radical (unpaired) electrons. The summed E-state index contributed by atoms with van der Waals surface area (Å²) in [6.07, 6.45) is -1.95. The first kappa shape index (κ1) is 16.5. The highest BCUT2D eigenvalue weighted by Crippen LogP contribution is 2.37. The number of cyclic esters (lactones) is 1. The summed E-state index contributed by atoms with van der Waals surface area (Å²) < 4.78 is 45.4. The first-order valence-corrected chi connectivity index (χ1v) is 7.73. The Morgan fingerprint density at radius 1 is 1.29 bits per heavy atom. The van der Waals surface area contributed by atoms with E-state index < -0.39 is 23.9 Å². The summed E-state index contributed by atoms with van der Waals surface area (Å²) in [5, 5.41) is 3.80. The van der Waals surface area contributed by atoms with Gasteiger partial charge in [-0.3, -0.25) is 0 Å². The molecule has 1 unspecified atom stereocenters. The third-order valence-corrected chi connectivity index (χ3v) is 4.06. The predicted octanol–water partition coefficient (Wildman–Crippen LogP) is 2.92. The second-order valence-electron chi connectivity index (χ2n) is 5.80. The lowest BCUT2D eigenvalue weighted by molar-refractivity contribution is -0.137. The molecule has 2 aliphatic rings. The minimum atomic E-state index is -4.53. The van der Waals surface area contributed by atoms with Crippen molar-refractivity contribution in [2.24, 2.45) is 5.10 Å². The Morgan fingerprint density at radius 2 is 2.00 bits per heavy atom. The molecule has 24 heavy (non-hydrogen) atoms. The number of hydrogen-bond acceptors (Lipinski definition) is 5. The van der Waals surface area contributed by atoms with Crippen LogP contribution in [0.2, 0.25) is 0 Å². The van der Waals surface area contributed by atoms with Crippen molar-refractivity contribution in [1.29, 1.82) is 0 Å². The number of rotatable bonds is 2. The van der Waals surface area contributed by atoms with Crippen LogP contribution in [0.5, 0.6) is 0 Å². The van der Waals surface area contributed by atoms with Crippen LogP contribution in [0.25, 0.3) is 0 Å². The molecule has 9 heteroatoms. The molecule has 0 bridgehead atoms. The maximum atomic E-state index is 13.5. The van der Waals surface area contributed by atoms with Crippen molar-refractivity contribution in [3.8, 4) is 0 Å². The molecule has 130 valence electrons. The van der Waals surface area contributed by atoms with E-state index >= 15 is 0 Å². The summed E-state index contributed by atoms with van der Waals surface area (Å²) in [4.78, 5) is 16.8. The van der Waals surface area contributed by atoms with Gasteiger partial charge in [-0.05, 0) is 32.3 Å². The summed E-state index contributed by atoms with van der Waals surface area (Å²) in [7, 11) is 0. The van der Waals surface area contributed by atoms with Crippen molar-refractivity contribution >= 4 is 17.6 Å². The number of ether oxygens (including phenoxy) is 1. The predicted molar refractivity (Wildman–Crippen MR) is 80.9 cm³/mol. The largest absolute Gasteiger partial charge is 0.439 e. The molecule has 1 amide bonds. The number of hydrogen-bond donors (Lipinski definition) is 1. The van der Waals surface area contributed by atoms with Crippen molar-refractivity contribution in [2.45, 2.75) is 38.5 Å². The van der Waals surface area contributed by atoms with Crippen LogP contribution in [0.15, 0.2) is 17.4 Å². The van der Waals surface area contributed by atoms with Crippen LogP contribution in [0.4, 0.5) is 23.8 Å². The number of carbonyl (C=O) groups excluding carboxylic acids is 1. The Morgan fingerprint density at radius 3 is 2.62 bits per heavy atom. The Kier molecular flexibility index (Phi) is 4.33. The van der Waals surface area contributed by atoms with Crippen molar-refractivity contribution in [3.05, 3.63) is 23.4 Å². The van der Waals surface area contributed by atoms with E-state index in [4.69, 9.17) is 4.74 Å². The molecule has 0 saturated carbocycles. The highest BCUT2D eigenvalue weighted by Gasteiger charge is 2.37. The quantitative estimate of drug-likeness (QED) is 0.897. The zero-order chi connectivity index (χ0) is 17.3. The van der Waals surface area contributed by atoms with Gasteiger partial charge in [-0.25, -0.2) is 15.2 Å². The summed E-state index contributed by atoms with van der Waals surface area (Å²) in [6, 6.07) is 1.02. The van der Waals surface area contributed by atoms with Crippen LogP contribution in [0.1, 0.15) is 37.3 Å². The lowest BCUT2D eigenvalue weighted by atomic mass is 10.0. The Balaban J connectivity index is 2.00. The number of anilines is 1. The molecule has 3 heterocycles. The zero-order valence-electron chi connectivity index (χ0n) is 13.1. The van der Waals surface area contributed by atoms with E-state index in [-0.39, 0.29) is 17.1 Å². The van der Waals surface area contributed by atoms with Gasteiger partial charge in [0.25, 0.3) is 0 Å². The zero-order valence-corrected chi connectivity index (χ0v) is 13.1. The maximum absolute atomic E-state index is 13.5. The molecule has 3 rings (SSSR count). The molecule has 1 saturated heterocycles. The van der Waals surface area contributed by atoms with Crippen LogP contribution in [-0.4, -0.2) is 36.0 Å². The van der Waals surface area contributed by atoms with Gasteiger partial charge in [0.15, 0.2) is 0 Å². The van der Waals surface area contributed by atoms with Crippen molar-refractivity contribution in [3.63, 3.8) is 0 Å². The van der Waals surface area contributed by atoms with Crippen molar-refractivity contribution < 1.29 is 22.7 Å². The summed E-state index contributed by atoms with van der Waals surface area (Å²) in [5.74, 6) is -0.0556. The smallest absolute Gasteiger partial charge is 0.428 e. The first-order chi connectivity index (χ1) is 11.4. The second-order valence-corrected chi connectivity index (χ2v) is 5.80. The Bertz CT molecular complexity index is 669. The number of halogens is 3. The van der Waals surface area contributed by atoms with Crippen LogP contribution in [-0.2, 0) is 10.9 Å². The van der Waals surface area contributed by atoms with E-state index in [1.807, 2.05) is 0 Å². The molecule has 0 spiro atoms. The molecule has 1 aromatic rings. The van der Waals surface area contributed by atoms with Gasteiger partial charge >= 0.3 is 12.3 Å². The van der Waals surface area contributed by atoms with E-state index in [9.17, 15) is 18.0 Å². The fourth-order valence-electron chi connectivity index (χ4n) is 2.90. The lowest BCUT2D eigenvalue weighted by Crippen LogP contribution is -2.37. The number of amides is 1. The van der Waals surface area contributed by atoms with Crippen LogP contribution < -0.4 is 10.3 Å². The van der Waals surface area contributed by atoms with Crippen molar-refractivity contribution in [1.82, 2.24) is 10.4 Å². The van der Waals surface area contributed by atoms with Crippen LogP contribution in [0, 0.1) is 0 Å². The number of piperidine rings is 1. The topological polar surface area (TPSA) is 66.8 Å². The summed E-state index contributed by atoms with van der Waals surface area (Å²) in [6.45, 7) is 2.67. The van der Waals surface area contributed by atoms with Crippen LogP contribution >= 0.6 is 0 Å². The van der Waals surface area contributed by atoms with Gasteiger partial charge in [-0.2, -0.15) is 18.3 Å². The summed E-state index contributed by atoms with van der Waals surface area (Å²) in [5.41, 5.74) is 1.69. The second kappa shape index (κ2) is 6.29. The van der Waals surface area contributed by atoms with Gasteiger partial charge < -0.3 is 9.64 Å². The molecule has 0 aliphatic carbocycles. The number of alkyl halides is 3. The maximum Gasteiger partial charge on any atom is 0.428 e. The number of hydrazone groups is 1. The molecule has 0 aromatic carbocycles. The van der Waals surface area contributed by atoms with Gasteiger partial charge in [0, 0.05) is 24.8 Å². The number of nitrogens with zero attached hydrogens (tertiary/aromatic N) is 3. The standard InChI is InChI=1S/C15H17F3N4O2/c1-9-12(20-21-14(23)24-9)10-7-11(15(16,17)18)13(19-8-10)22-5-3-2-4-6-22/h7-9H,2-6H2,1H3,(H,21,23). The van der Waals surface area contributed by atoms with Gasteiger partial charge in [0.1, 0.15) is 17.6 Å². The van der Waals surface area contributed by atoms with Crippen LogP contribution in [0.3, 0.4) is 0 Å². The van der Waals surface area contributed by atoms with E-state index in [2.05, 4.69) is 15.5 Å². The average molecular weight is 342 g/mol. The molecule has 6 nitrogen and oxygen atoms in total. The minimum absolute atomic E-state index is 0.0556. The Labute approximate surface area is 136 Å². The summed E-state index contributed by atoms with van der Waals surface area (Å²) >= 11 is 0. The molecular weight excluding hydrogens is 325 g/mol. The first-order valence-electron chi connectivity index (χ1n) is 7.73. The monoisotopic (exact) mass is 342 g/mol. The number of pyridine rings is 1. The van der Waals surface area contributed by atoms with Crippen molar-refractivity contribution in [2.75, 3.05) is 18.0 Å². The minimum Gasteiger partial charge on any atom is -0.439 e. The fourth-order valence-corrected chi connectivity index (χ4v) is 2.90. The van der Waals surface area contributed by atoms with Gasteiger partial charge in [-0.15, -0.1) is 0 Å². The fraction of sp³-hybridized carbons (Fsp3) is 0.533. The lowest BCUT2D eigenvalue weighted by Gasteiger charge is -2.30. The van der Waals surface area contributed by atoms with Gasteiger partial charge in [0.05, 0.1) is 5.56 Å². The highest BCUT2D eigenvalue weighted by molar-refractivity contribution is 6.05.